The van der Waals surface area contributed by atoms with Gasteiger partial charge in [-0.05, 0) is 0 Å². The van der Waals surface area contributed by atoms with E-state index >= 15 is 0 Å². The van der Waals surface area contributed by atoms with Crippen LogP contribution in [0.3, 0.4) is 0 Å². The van der Waals surface area contributed by atoms with Crippen molar-refractivity contribution < 1.29 is 57.0 Å². The van der Waals surface area contributed by atoms with Crippen LogP contribution in [0.15, 0.2) is 0 Å². The van der Waals surface area contributed by atoms with Crippen LogP contribution < -0.4 is 5.32 Å². The fraction of sp³-hybridized carbons (Fsp3) is 0.818. The minimum absolute atomic E-state index is 0.720. The Bertz CT molecular complexity index is 608. The topological polar surface area (TPSA) is 220 Å². The Balaban J connectivity index is 3.19. The van der Waals surface area contributed by atoms with Gasteiger partial charge in [-0.3, -0.25) is 9.35 Å². The molecule has 0 saturated carbocycles. The molecule has 1 amide bonds. The number of ether oxygens (including phenoxy) is 1. The highest BCUT2D eigenvalue weighted by Crippen LogP contribution is 2.31. The number of rotatable bonds is 7. The average Bonchev–Trinajstić information content (AvgIpc) is 2.45. The van der Waals surface area contributed by atoms with Gasteiger partial charge in [-0.25, -0.2) is 8.98 Å². The van der Waals surface area contributed by atoms with Gasteiger partial charge >= 0.3 is 16.4 Å². The molecule has 14 heteroatoms. The van der Waals surface area contributed by atoms with E-state index in [1.54, 1.807) is 0 Å². The molecule has 0 aromatic heterocycles. The second-order valence-electron chi connectivity index (χ2n) is 5.41. The maximum Gasteiger partial charge on any atom is 0.397 e. The second-order valence-corrected chi connectivity index (χ2v) is 6.45. The van der Waals surface area contributed by atoms with Crippen LogP contribution in [0, 0.1) is 0 Å². The first-order valence-corrected chi connectivity index (χ1v) is 8.20. The van der Waals surface area contributed by atoms with E-state index in [1.807, 2.05) is 0 Å². The van der Waals surface area contributed by atoms with E-state index in [-0.39, 0.29) is 0 Å². The molecule has 1 aliphatic rings. The van der Waals surface area contributed by atoms with Crippen LogP contribution in [0.4, 0.5) is 0 Å². The molecule has 1 heterocycles. The third-order valence-corrected chi connectivity index (χ3v) is 3.92. The number of hydrogen-bond donors (Lipinski definition) is 7. The van der Waals surface area contributed by atoms with Gasteiger partial charge in [-0.15, -0.1) is 0 Å². The van der Waals surface area contributed by atoms with Crippen LogP contribution in [-0.4, -0.2) is 93.2 Å². The molecule has 0 bridgehead atoms. The first-order chi connectivity index (χ1) is 11.3. The van der Waals surface area contributed by atoms with Gasteiger partial charge in [-0.1, -0.05) is 0 Å². The van der Waals surface area contributed by atoms with E-state index < -0.39 is 71.5 Å². The van der Waals surface area contributed by atoms with Gasteiger partial charge in [0.2, 0.25) is 5.91 Å². The van der Waals surface area contributed by atoms with Crippen molar-refractivity contribution >= 4 is 22.3 Å². The van der Waals surface area contributed by atoms with Gasteiger partial charge in [0.15, 0.2) is 0 Å². The summed E-state index contributed by atoms with van der Waals surface area (Å²) in [6.07, 6.45) is -8.72. The summed E-state index contributed by atoms with van der Waals surface area (Å²) in [6.45, 7) is -0.137. The largest absolute Gasteiger partial charge is 0.477 e. The molecule has 1 saturated heterocycles. The fourth-order valence-electron chi connectivity index (χ4n) is 2.37. The zero-order valence-electron chi connectivity index (χ0n) is 12.8. The molecule has 6 atom stereocenters. The van der Waals surface area contributed by atoms with E-state index in [2.05, 4.69) is 9.50 Å². The summed E-state index contributed by atoms with van der Waals surface area (Å²) in [5.74, 6) is -5.60. The van der Waals surface area contributed by atoms with E-state index in [0.717, 1.165) is 6.92 Å². The van der Waals surface area contributed by atoms with Crippen molar-refractivity contribution in [3.63, 3.8) is 0 Å². The zero-order valence-corrected chi connectivity index (χ0v) is 13.7. The number of carbonyl (C=O) groups excluding carboxylic acids is 1. The summed E-state index contributed by atoms with van der Waals surface area (Å²) in [5, 5.41) is 50.3. The Morgan fingerprint density at radius 2 is 2.00 bits per heavy atom. The molecule has 0 aromatic rings. The number of carbonyl (C=O) groups is 2. The molecule has 0 aromatic carbocycles. The Hall–Kier alpha value is -1.39. The molecule has 0 spiro atoms. The van der Waals surface area contributed by atoms with Crippen LogP contribution in [0.2, 0.25) is 0 Å². The molecular formula is C11H19NO12S. The molecule has 3 unspecified atom stereocenters. The number of aliphatic hydroxyl groups is 4. The minimum atomic E-state index is -5.12. The van der Waals surface area contributed by atoms with Crippen molar-refractivity contribution in [2.75, 3.05) is 6.61 Å². The maximum atomic E-state index is 11.2. The van der Waals surface area contributed by atoms with Gasteiger partial charge in [0.1, 0.15) is 18.3 Å². The number of aliphatic carboxylic acids is 1. The van der Waals surface area contributed by atoms with Gasteiger partial charge in [0.25, 0.3) is 5.79 Å². The maximum absolute atomic E-state index is 11.2. The Labute approximate surface area is 141 Å². The molecule has 1 aliphatic heterocycles. The Kier molecular flexibility index (Phi) is 6.82. The van der Waals surface area contributed by atoms with E-state index in [1.165, 1.54) is 0 Å². The predicted molar refractivity (Wildman–Crippen MR) is 75.2 cm³/mol. The Morgan fingerprint density at radius 3 is 2.40 bits per heavy atom. The van der Waals surface area contributed by atoms with Crippen LogP contribution in [0.1, 0.15) is 13.3 Å². The van der Waals surface area contributed by atoms with Crippen molar-refractivity contribution in [3.8, 4) is 0 Å². The standard InChI is InChI=1S/C11H19NO12S/c1-4(14)12-7-5(15)2-11(19,10(17)18)23-9(7)8(16)6(3-13)24-25(20,21)22/h5-9,13,15-16,19H,2-3H2,1H3,(H,12,14)(H,17,18)(H,20,21,22)/t5-,6?,7+,8?,9+,11?/m0/s1. The van der Waals surface area contributed by atoms with Crippen molar-refractivity contribution in [2.45, 2.75) is 49.6 Å². The predicted octanol–water partition coefficient (Wildman–Crippen LogP) is -4.04. The van der Waals surface area contributed by atoms with Crippen molar-refractivity contribution in [3.05, 3.63) is 0 Å². The molecule has 25 heavy (non-hydrogen) atoms. The lowest BCUT2D eigenvalue weighted by molar-refractivity contribution is -0.294. The third kappa shape index (κ3) is 5.55. The lowest BCUT2D eigenvalue weighted by Crippen LogP contribution is -2.67. The summed E-state index contributed by atoms with van der Waals surface area (Å²) in [5.41, 5.74) is 0. The number of aliphatic hydroxyl groups excluding tert-OH is 3. The molecule has 0 radical (unpaired) electrons. The molecule has 13 nitrogen and oxygen atoms in total. The molecule has 1 rings (SSSR count). The highest BCUT2D eigenvalue weighted by molar-refractivity contribution is 7.80. The van der Waals surface area contributed by atoms with Gasteiger partial charge < -0.3 is 35.6 Å². The van der Waals surface area contributed by atoms with Crippen LogP contribution in [-0.2, 0) is 28.9 Å². The van der Waals surface area contributed by atoms with Crippen molar-refractivity contribution in [1.29, 1.82) is 0 Å². The number of amides is 1. The first-order valence-electron chi connectivity index (χ1n) is 6.84. The van der Waals surface area contributed by atoms with E-state index in [4.69, 9.17) is 19.5 Å². The van der Waals surface area contributed by atoms with E-state index in [0.29, 0.717) is 0 Å². The van der Waals surface area contributed by atoms with Gasteiger partial charge in [0, 0.05) is 13.3 Å². The highest BCUT2D eigenvalue weighted by atomic mass is 32.3. The summed E-state index contributed by atoms with van der Waals surface area (Å²) in [6, 6.07) is -1.48. The average molecular weight is 389 g/mol. The molecule has 0 aliphatic carbocycles. The van der Waals surface area contributed by atoms with Crippen LogP contribution in [0.5, 0.6) is 0 Å². The zero-order chi connectivity index (χ0) is 19.6. The highest BCUT2D eigenvalue weighted by Gasteiger charge is 2.54. The minimum Gasteiger partial charge on any atom is -0.477 e. The van der Waals surface area contributed by atoms with Crippen molar-refractivity contribution in [1.82, 2.24) is 5.32 Å². The lowest BCUT2D eigenvalue weighted by Gasteiger charge is -2.44. The molecule has 7 N–H and O–H groups in total. The fourth-order valence-corrected chi connectivity index (χ4v) is 2.86. The van der Waals surface area contributed by atoms with Crippen molar-refractivity contribution in [2.24, 2.45) is 0 Å². The lowest BCUT2D eigenvalue weighted by atomic mass is 9.88. The summed E-state index contributed by atoms with van der Waals surface area (Å²) in [4.78, 5) is 22.3. The summed E-state index contributed by atoms with van der Waals surface area (Å²) in [7, 11) is -5.12. The van der Waals surface area contributed by atoms with E-state index in [9.17, 15) is 33.3 Å². The SMILES string of the molecule is CC(=O)N[C@@H]1[C@@H](O)CC(O)(C(=O)O)O[C@H]1C(O)C(CO)OS(=O)(=O)O. The van der Waals surface area contributed by atoms with Crippen LogP contribution >= 0.6 is 0 Å². The molecule has 146 valence electrons. The quantitative estimate of drug-likeness (QED) is 0.207. The number of nitrogens with one attached hydrogen (secondary N) is 1. The van der Waals surface area contributed by atoms with Gasteiger partial charge in [0.05, 0.1) is 18.8 Å². The molecular weight excluding hydrogens is 370 g/mol. The first kappa shape index (κ1) is 21.7. The smallest absolute Gasteiger partial charge is 0.397 e. The summed E-state index contributed by atoms with van der Waals surface area (Å²) >= 11 is 0. The second kappa shape index (κ2) is 7.88. The number of carboxylic acids is 1. The monoisotopic (exact) mass is 389 g/mol. The number of hydrogen-bond acceptors (Lipinski definition) is 10. The normalized spacial score (nSPS) is 32.6. The Morgan fingerprint density at radius 1 is 1.44 bits per heavy atom. The summed E-state index contributed by atoms with van der Waals surface area (Å²) < 4.78 is 39.0. The van der Waals surface area contributed by atoms with Gasteiger partial charge in [-0.2, -0.15) is 8.42 Å². The molecule has 1 fully saturated rings. The number of carboxylic acid groups (broad SMARTS) is 1. The third-order valence-electron chi connectivity index (χ3n) is 3.43. The van der Waals surface area contributed by atoms with Crippen LogP contribution in [0.25, 0.3) is 0 Å².